The van der Waals surface area contributed by atoms with Crippen molar-refractivity contribution in [3.63, 3.8) is 0 Å². The Kier molecular flexibility index (Phi) is 3.77. The van der Waals surface area contributed by atoms with Crippen LogP contribution in [-0.4, -0.2) is 28.2 Å². The Morgan fingerprint density at radius 3 is 2.73 bits per heavy atom. The van der Waals surface area contributed by atoms with Crippen molar-refractivity contribution in [1.82, 2.24) is 9.38 Å². The van der Waals surface area contributed by atoms with Crippen molar-refractivity contribution >= 4 is 28.6 Å². The molecule has 0 fully saturated rings. The van der Waals surface area contributed by atoms with Crippen molar-refractivity contribution in [1.29, 1.82) is 0 Å². The molecule has 0 N–H and O–H groups in total. The minimum absolute atomic E-state index is 0.284. The summed E-state index contributed by atoms with van der Waals surface area (Å²) in [7, 11) is 0. The number of aromatic nitrogens is 2. The monoisotopic (exact) mass is 314 g/mol. The predicted molar refractivity (Wildman–Crippen MR) is 84.6 cm³/mol. The van der Waals surface area contributed by atoms with Crippen LogP contribution in [-0.2, 0) is 4.74 Å². The number of aryl methyl sites for hydroxylation is 1. The highest BCUT2D eigenvalue weighted by molar-refractivity contribution is 7.15. The number of esters is 1. The van der Waals surface area contributed by atoms with Crippen LogP contribution >= 0.6 is 11.3 Å². The number of benzene rings is 1. The molecule has 22 heavy (non-hydrogen) atoms. The molecular weight excluding hydrogens is 300 g/mol. The number of nitrogens with zero attached hydrogens (tertiary/aromatic N) is 2. The molecule has 0 amide bonds. The Balaban J connectivity index is 2.19. The van der Waals surface area contributed by atoms with Gasteiger partial charge in [-0.3, -0.25) is 9.20 Å². The first kappa shape index (κ1) is 14.5. The summed E-state index contributed by atoms with van der Waals surface area (Å²) in [5, 5.41) is 1.66. The van der Waals surface area contributed by atoms with E-state index in [1.54, 1.807) is 16.7 Å². The number of carbonyl (C=O) groups excluding carboxylic acids is 2. The Morgan fingerprint density at radius 2 is 2.09 bits per heavy atom. The van der Waals surface area contributed by atoms with Gasteiger partial charge in [-0.1, -0.05) is 29.8 Å². The molecule has 1 aromatic carbocycles. The van der Waals surface area contributed by atoms with Crippen molar-refractivity contribution in [2.45, 2.75) is 13.8 Å². The summed E-state index contributed by atoms with van der Waals surface area (Å²) in [4.78, 5) is 28.7. The second kappa shape index (κ2) is 5.73. The third-order valence-corrected chi connectivity index (χ3v) is 4.15. The summed E-state index contributed by atoms with van der Waals surface area (Å²) < 4.78 is 6.59. The number of hydrogen-bond donors (Lipinski definition) is 0. The molecule has 0 spiro atoms. The molecule has 0 aliphatic heterocycles. The van der Waals surface area contributed by atoms with Gasteiger partial charge in [0.1, 0.15) is 17.1 Å². The third kappa shape index (κ3) is 2.31. The van der Waals surface area contributed by atoms with E-state index in [-0.39, 0.29) is 6.61 Å². The molecular formula is C16H14N2O3S. The Bertz CT molecular complexity index is 846. The molecule has 0 radical (unpaired) electrons. The molecule has 0 aliphatic rings. The standard InChI is InChI=1S/C16H14N2O3S/c1-3-21-15(20)13-9-22-16-17-14(12(8-19)18(13)16)11-6-4-10(2)5-7-11/h4-9H,3H2,1-2H3. The van der Waals surface area contributed by atoms with Gasteiger partial charge in [0, 0.05) is 10.9 Å². The number of thiazole rings is 1. The smallest absolute Gasteiger partial charge is 0.356 e. The van der Waals surface area contributed by atoms with E-state index >= 15 is 0 Å². The number of aldehydes is 1. The summed E-state index contributed by atoms with van der Waals surface area (Å²) in [5.41, 5.74) is 3.24. The number of rotatable bonds is 4. The fraction of sp³-hybridized carbons (Fsp3) is 0.188. The van der Waals surface area contributed by atoms with E-state index in [1.807, 2.05) is 31.2 Å². The van der Waals surface area contributed by atoms with E-state index in [0.29, 0.717) is 22.0 Å². The van der Waals surface area contributed by atoms with Crippen molar-refractivity contribution in [3.05, 3.63) is 46.6 Å². The van der Waals surface area contributed by atoms with Crippen LogP contribution in [0.2, 0.25) is 0 Å². The van der Waals surface area contributed by atoms with Gasteiger partial charge >= 0.3 is 5.97 Å². The Labute approximate surface area is 131 Å². The van der Waals surface area contributed by atoms with Gasteiger partial charge in [-0.05, 0) is 13.8 Å². The lowest BCUT2D eigenvalue weighted by molar-refractivity contribution is 0.0518. The van der Waals surface area contributed by atoms with E-state index in [9.17, 15) is 9.59 Å². The summed E-state index contributed by atoms with van der Waals surface area (Å²) in [6.45, 7) is 4.02. The van der Waals surface area contributed by atoms with Gasteiger partial charge in [0.2, 0.25) is 0 Å². The zero-order chi connectivity index (χ0) is 15.7. The Hall–Kier alpha value is -2.47. The van der Waals surface area contributed by atoms with Crippen molar-refractivity contribution < 1.29 is 14.3 Å². The summed E-state index contributed by atoms with van der Waals surface area (Å²) in [6, 6.07) is 7.75. The lowest BCUT2D eigenvalue weighted by Crippen LogP contribution is -2.09. The summed E-state index contributed by atoms with van der Waals surface area (Å²) in [6.07, 6.45) is 0.727. The molecule has 0 saturated heterocycles. The second-order valence-corrected chi connectivity index (χ2v) is 5.63. The second-order valence-electron chi connectivity index (χ2n) is 4.79. The van der Waals surface area contributed by atoms with E-state index in [1.165, 1.54) is 11.3 Å². The molecule has 5 nitrogen and oxygen atoms in total. The van der Waals surface area contributed by atoms with Crippen LogP contribution in [0.4, 0.5) is 0 Å². The third-order valence-electron chi connectivity index (χ3n) is 3.32. The maximum absolute atomic E-state index is 12.0. The molecule has 0 bridgehead atoms. The maximum atomic E-state index is 12.0. The highest BCUT2D eigenvalue weighted by atomic mass is 32.1. The number of imidazole rings is 1. The Morgan fingerprint density at radius 1 is 1.36 bits per heavy atom. The minimum atomic E-state index is -0.454. The molecule has 112 valence electrons. The van der Waals surface area contributed by atoms with E-state index < -0.39 is 5.97 Å². The van der Waals surface area contributed by atoms with E-state index in [4.69, 9.17) is 4.74 Å². The number of hydrogen-bond acceptors (Lipinski definition) is 5. The lowest BCUT2D eigenvalue weighted by atomic mass is 10.1. The number of fused-ring (bicyclic) bond motifs is 1. The molecule has 6 heteroatoms. The van der Waals surface area contributed by atoms with Crippen molar-refractivity contribution in [2.24, 2.45) is 0 Å². The zero-order valence-corrected chi connectivity index (χ0v) is 13.0. The highest BCUT2D eigenvalue weighted by Crippen LogP contribution is 2.28. The molecule has 0 atom stereocenters. The molecule has 2 aromatic heterocycles. The maximum Gasteiger partial charge on any atom is 0.356 e. The van der Waals surface area contributed by atoms with Crippen LogP contribution in [0.25, 0.3) is 16.2 Å². The average Bonchev–Trinajstić information content (AvgIpc) is 3.06. The minimum Gasteiger partial charge on any atom is -0.461 e. The van der Waals surface area contributed by atoms with Gasteiger partial charge in [0.25, 0.3) is 0 Å². The van der Waals surface area contributed by atoms with Gasteiger partial charge in [0.15, 0.2) is 11.2 Å². The van der Waals surface area contributed by atoms with E-state index in [0.717, 1.165) is 17.4 Å². The highest BCUT2D eigenvalue weighted by Gasteiger charge is 2.21. The molecule has 0 aliphatic carbocycles. The number of carbonyl (C=O) groups is 2. The van der Waals surface area contributed by atoms with Crippen LogP contribution in [0.5, 0.6) is 0 Å². The van der Waals surface area contributed by atoms with Crippen LogP contribution in [0.1, 0.15) is 33.5 Å². The quantitative estimate of drug-likeness (QED) is 0.547. The average molecular weight is 314 g/mol. The van der Waals surface area contributed by atoms with Crippen LogP contribution in [0, 0.1) is 6.92 Å². The molecule has 3 rings (SSSR count). The molecule has 0 saturated carbocycles. The topological polar surface area (TPSA) is 60.7 Å². The number of ether oxygens (including phenoxy) is 1. The van der Waals surface area contributed by atoms with Gasteiger partial charge < -0.3 is 4.74 Å². The SMILES string of the molecule is CCOC(=O)c1csc2nc(-c3ccc(C)cc3)c(C=O)n12. The van der Waals surface area contributed by atoms with Gasteiger partial charge in [-0.15, -0.1) is 11.3 Å². The zero-order valence-electron chi connectivity index (χ0n) is 12.2. The first-order chi connectivity index (χ1) is 10.7. The fourth-order valence-electron chi connectivity index (χ4n) is 2.26. The largest absolute Gasteiger partial charge is 0.461 e. The lowest BCUT2D eigenvalue weighted by Gasteiger charge is -2.02. The van der Waals surface area contributed by atoms with E-state index in [2.05, 4.69) is 4.98 Å². The molecule has 3 aromatic rings. The first-order valence-electron chi connectivity index (χ1n) is 6.85. The van der Waals surface area contributed by atoms with Crippen LogP contribution < -0.4 is 0 Å². The van der Waals surface area contributed by atoms with Gasteiger partial charge in [0.05, 0.1) is 6.61 Å². The van der Waals surface area contributed by atoms with Crippen molar-refractivity contribution in [2.75, 3.05) is 6.61 Å². The van der Waals surface area contributed by atoms with Crippen LogP contribution in [0.15, 0.2) is 29.6 Å². The van der Waals surface area contributed by atoms with Crippen LogP contribution in [0.3, 0.4) is 0 Å². The molecule has 0 unspecified atom stereocenters. The normalized spacial score (nSPS) is 10.8. The van der Waals surface area contributed by atoms with Gasteiger partial charge in [-0.2, -0.15) is 0 Å². The van der Waals surface area contributed by atoms with Gasteiger partial charge in [-0.25, -0.2) is 9.78 Å². The summed E-state index contributed by atoms with van der Waals surface area (Å²) >= 11 is 1.31. The fourth-order valence-corrected chi connectivity index (χ4v) is 3.13. The van der Waals surface area contributed by atoms with Crippen molar-refractivity contribution in [3.8, 4) is 11.3 Å². The summed E-state index contributed by atoms with van der Waals surface area (Å²) in [5.74, 6) is -0.454. The first-order valence-corrected chi connectivity index (χ1v) is 7.73. The molecule has 2 heterocycles. The predicted octanol–water partition coefficient (Wildman–Crippen LogP) is 3.36.